The first-order valence-corrected chi connectivity index (χ1v) is 12.7. The summed E-state index contributed by atoms with van der Waals surface area (Å²) in [4.78, 5) is 17.0. The van der Waals surface area contributed by atoms with Gasteiger partial charge < -0.3 is 4.90 Å². The maximum absolute atomic E-state index is 12.8. The molecule has 2 saturated heterocycles. The van der Waals surface area contributed by atoms with Crippen LogP contribution in [0, 0.1) is 0 Å². The average molecular weight is 442 g/mol. The molecule has 2 fully saturated rings. The highest BCUT2D eigenvalue weighted by molar-refractivity contribution is 7.88. The van der Waals surface area contributed by atoms with Crippen molar-refractivity contribution in [3.8, 4) is 0 Å². The summed E-state index contributed by atoms with van der Waals surface area (Å²) in [5.74, 6) is 0.174. The zero-order valence-corrected chi connectivity index (χ0v) is 18.8. The second-order valence-electron chi connectivity index (χ2n) is 8.47. The summed E-state index contributed by atoms with van der Waals surface area (Å²) in [6, 6.07) is 17.2. The van der Waals surface area contributed by atoms with Crippen LogP contribution in [0.5, 0.6) is 0 Å². The van der Waals surface area contributed by atoms with E-state index in [9.17, 15) is 13.2 Å². The van der Waals surface area contributed by atoms with Gasteiger partial charge >= 0.3 is 0 Å². The van der Waals surface area contributed by atoms with Crippen molar-refractivity contribution >= 4 is 15.9 Å². The van der Waals surface area contributed by atoms with Gasteiger partial charge in [-0.1, -0.05) is 42.5 Å². The number of hydrogen-bond donors (Lipinski definition) is 0. The Bertz CT molecular complexity index is 980. The molecular formula is C24H31N3O3S. The Labute approximate surface area is 185 Å². The van der Waals surface area contributed by atoms with Crippen LogP contribution in [0.25, 0.3) is 0 Å². The van der Waals surface area contributed by atoms with Crippen LogP contribution in [0.4, 0.5) is 0 Å². The van der Waals surface area contributed by atoms with E-state index in [0.717, 1.165) is 49.2 Å². The van der Waals surface area contributed by atoms with E-state index in [0.29, 0.717) is 26.2 Å². The average Bonchev–Trinajstić information content (AvgIpc) is 2.80. The minimum atomic E-state index is -3.31. The predicted octanol–water partition coefficient (Wildman–Crippen LogP) is 2.96. The molecule has 4 rings (SSSR count). The van der Waals surface area contributed by atoms with Gasteiger partial charge in [-0.15, -0.1) is 0 Å². The second-order valence-corrected chi connectivity index (χ2v) is 10.4. The van der Waals surface area contributed by atoms with Crippen molar-refractivity contribution in [1.82, 2.24) is 14.1 Å². The van der Waals surface area contributed by atoms with E-state index in [4.69, 9.17) is 0 Å². The van der Waals surface area contributed by atoms with Gasteiger partial charge in [-0.3, -0.25) is 9.69 Å². The van der Waals surface area contributed by atoms with Crippen LogP contribution in [0.3, 0.4) is 0 Å². The molecule has 166 valence electrons. The molecule has 0 atom stereocenters. The molecule has 2 aliphatic heterocycles. The van der Waals surface area contributed by atoms with E-state index < -0.39 is 10.0 Å². The summed E-state index contributed by atoms with van der Waals surface area (Å²) in [7, 11) is -3.31. The third kappa shape index (κ3) is 5.73. The van der Waals surface area contributed by atoms with E-state index in [1.54, 1.807) is 4.31 Å². The van der Waals surface area contributed by atoms with E-state index in [-0.39, 0.29) is 11.7 Å². The molecule has 2 aromatic rings. The molecule has 31 heavy (non-hydrogen) atoms. The van der Waals surface area contributed by atoms with Crippen LogP contribution in [-0.4, -0.2) is 67.7 Å². The Morgan fingerprint density at radius 2 is 1.45 bits per heavy atom. The zero-order chi connectivity index (χ0) is 21.7. The summed E-state index contributed by atoms with van der Waals surface area (Å²) in [6.45, 7) is 4.82. The normalized spacial score (nSPS) is 18.8. The fraction of sp³-hybridized carbons (Fsp3) is 0.458. The molecule has 2 aliphatic rings. The van der Waals surface area contributed by atoms with Crippen LogP contribution >= 0.6 is 0 Å². The minimum Gasteiger partial charge on any atom is -0.339 e. The van der Waals surface area contributed by atoms with Gasteiger partial charge in [0.15, 0.2) is 0 Å². The molecule has 0 radical (unpaired) electrons. The maximum atomic E-state index is 12.8. The number of likely N-dealkylation sites (tertiary alicyclic amines) is 1. The van der Waals surface area contributed by atoms with Gasteiger partial charge in [-0.05, 0) is 42.5 Å². The van der Waals surface area contributed by atoms with Crippen LogP contribution < -0.4 is 0 Å². The topological polar surface area (TPSA) is 60.9 Å². The molecule has 0 aliphatic carbocycles. The third-order valence-electron chi connectivity index (χ3n) is 6.14. The van der Waals surface area contributed by atoms with Crippen molar-refractivity contribution in [1.29, 1.82) is 0 Å². The number of hydrogen-bond acceptors (Lipinski definition) is 4. The van der Waals surface area contributed by atoms with Gasteiger partial charge in [0.2, 0.25) is 10.0 Å². The number of piperidine rings is 1. The van der Waals surface area contributed by atoms with Gasteiger partial charge in [0.05, 0.1) is 5.75 Å². The molecule has 2 heterocycles. The largest absolute Gasteiger partial charge is 0.339 e. The number of sulfonamides is 1. The molecular weight excluding hydrogens is 410 g/mol. The minimum absolute atomic E-state index is 0.0501. The third-order valence-corrected chi connectivity index (χ3v) is 7.99. The van der Waals surface area contributed by atoms with Gasteiger partial charge in [0.25, 0.3) is 5.91 Å². The first-order chi connectivity index (χ1) is 15.0. The lowest BCUT2D eigenvalue weighted by Crippen LogP contribution is -2.48. The maximum Gasteiger partial charge on any atom is 0.253 e. The van der Waals surface area contributed by atoms with Gasteiger partial charge in [0, 0.05) is 51.4 Å². The van der Waals surface area contributed by atoms with Crippen LogP contribution in [-0.2, 0) is 22.3 Å². The lowest BCUT2D eigenvalue weighted by Gasteiger charge is -2.34. The Hall–Kier alpha value is -2.22. The van der Waals surface area contributed by atoms with Crippen molar-refractivity contribution in [2.45, 2.75) is 31.6 Å². The number of carbonyl (C=O) groups excluding carboxylic acids is 1. The van der Waals surface area contributed by atoms with Crippen molar-refractivity contribution in [2.75, 3.05) is 39.3 Å². The lowest BCUT2D eigenvalue weighted by molar-refractivity contribution is 0.0724. The standard InChI is InChI=1S/C24H31N3O3S/c28-24(26-12-5-2-6-13-26)23-11-7-10-22(18-23)19-25-14-16-27(17-15-25)31(29,30)20-21-8-3-1-4-9-21/h1,3-4,7-11,18H,2,5-6,12-17,19-20H2. The van der Waals surface area contributed by atoms with E-state index in [1.807, 2.05) is 59.5 Å². The Balaban J connectivity index is 1.32. The summed E-state index contributed by atoms with van der Waals surface area (Å²) >= 11 is 0. The zero-order valence-electron chi connectivity index (χ0n) is 17.9. The van der Waals surface area contributed by atoms with Crippen LogP contribution in [0.1, 0.15) is 40.7 Å². The van der Waals surface area contributed by atoms with Crippen molar-refractivity contribution in [3.63, 3.8) is 0 Å². The Morgan fingerprint density at radius 3 is 2.16 bits per heavy atom. The van der Waals surface area contributed by atoms with Gasteiger partial charge in [0.1, 0.15) is 0 Å². The number of rotatable bonds is 6. The molecule has 0 bridgehead atoms. The van der Waals surface area contributed by atoms with Crippen LogP contribution in [0.2, 0.25) is 0 Å². The van der Waals surface area contributed by atoms with Crippen molar-refractivity contribution in [3.05, 3.63) is 71.3 Å². The summed E-state index contributed by atoms with van der Waals surface area (Å²) < 4.78 is 27.1. The van der Waals surface area contributed by atoms with Crippen LogP contribution in [0.15, 0.2) is 54.6 Å². The molecule has 0 N–H and O–H groups in total. The summed E-state index contributed by atoms with van der Waals surface area (Å²) in [5, 5.41) is 0. The summed E-state index contributed by atoms with van der Waals surface area (Å²) in [5.41, 5.74) is 2.67. The quantitative estimate of drug-likeness (QED) is 0.692. The SMILES string of the molecule is O=C(c1cccc(CN2CCN(S(=O)(=O)Cc3ccccc3)CC2)c1)N1CCCCC1. The highest BCUT2D eigenvalue weighted by Gasteiger charge is 2.27. The molecule has 0 unspecified atom stereocenters. The number of benzene rings is 2. The van der Waals surface area contributed by atoms with E-state index >= 15 is 0 Å². The first-order valence-electron chi connectivity index (χ1n) is 11.1. The van der Waals surface area contributed by atoms with Gasteiger partial charge in [-0.25, -0.2) is 8.42 Å². The second kappa shape index (κ2) is 9.94. The van der Waals surface area contributed by atoms with E-state index in [2.05, 4.69) is 4.90 Å². The fourth-order valence-electron chi connectivity index (χ4n) is 4.38. The van der Waals surface area contributed by atoms with E-state index in [1.165, 1.54) is 6.42 Å². The van der Waals surface area contributed by atoms with Crippen molar-refractivity contribution < 1.29 is 13.2 Å². The number of nitrogens with zero attached hydrogens (tertiary/aromatic N) is 3. The lowest BCUT2D eigenvalue weighted by atomic mass is 10.1. The monoisotopic (exact) mass is 441 g/mol. The number of piperazine rings is 1. The summed E-state index contributed by atoms with van der Waals surface area (Å²) in [6.07, 6.45) is 3.38. The predicted molar refractivity (Wildman–Crippen MR) is 122 cm³/mol. The smallest absolute Gasteiger partial charge is 0.253 e. The fourth-order valence-corrected chi connectivity index (χ4v) is 5.90. The molecule has 0 spiro atoms. The first kappa shape index (κ1) is 22.0. The molecule has 0 saturated carbocycles. The highest BCUT2D eigenvalue weighted by Crippen LogP contribution is 2.18. The molecule has 2 aromatic carbocycles. The number of amides is 1. The number of carbonyl (C=O) groups is 1. The highest BCUT2D eigenvalue weighted by atomic mass is 32.2. The molecule has 6 nitrogen and oxygen atoms in total. The Morgan fingerprint density at radius 1 is 0.774 bits per heavy atom. The van der Waals surface area contributed by atoms with Gasteiger partial charge in [-0.2, -0.15) is 4.31 Å². The Kier molecular flexibility index (Phi) is 7.05. The molecule has 7 heteroatoms. The molecule has 0 aromatic heterocycles. The van der Waals surface area contributed by atoms with Crippen molar-refractivity contribution in [2.24, 2.45) is 0 Å². The molecule has 1 amide bonds.